The van der Waals surface area contributed by atoms with E-state index in [2.05, 4.69) is 43.6 Å². The largest absolute Gasteiger partial charge is 0.375 e. The molecule has 0 bridgehead atoms. The molecule has 36 heavy (non-hydrogen) atoms. The molecule has 1 saturated heterocycles. The van der Waals surface area contributed by atoms with Crippen LogP contribution in [-0.4, -0.2) is 67.2 Å². The van der Waals surface area contributed by atoms with E-state index < -0.39 is 0 Å². The molecule has 0 aliphatic carbocycles. The van der Waals surface area contributed by atoms with Crippen LogP contribution in [-0.2, 0) is 11.8 Å². The van der Waals surface area contributed by atoms with Crippen molar-refractivity contribution in [1.82, 2.24) is 34.3 Å². The highest BCUT2D eigenvalue weighted by molar-refractivity contribution is 6.01. The van der Waals surface area contributed by atoms with E-state index in [0.717, 1.165) is 64.7 Å². The Bertz CT molecular complexity index is 1550. The Morgan fingerprint density at radius 2 is 1.94 bits per heavy atom. The van der Waals surface area contributed by atoms with E-state index in [9.17, 15) is 0 Å². The van der Waals surface area contributed by atoms with Crippen LogP contribution in [0, 0.1) is 6.92 Å². The number of nitrogens with zero attached hydrogens (tertiary/aromatic N) is 8. The summed E-state index contributed by atoms with van der Waals surface area (Å²) >= 11 is 0. The van der Waals surface area contributed by atoms with E-state index in [1.807, 2.05) is 67.0 Å². The van der Waals surface area contributed by atoms with Gasteiger partial charge in [0.05, 0.1) is 24.6 Å². The van der Waals surface area contributed by atoms with Gasteiger partial charge >= 0.3 is 0 Å². The molecule has 1 unspecified atom stereocenters. The van der Waals surface area contributed by atoms with Gasteiger partial charge in [-0.25, -0.2) is 19.5 Å². The zero-order chi connectivity index (χ0) is 24.8. The first-order valence-electron chi connectivity index (χ1n) is 12.0. The molecule has 1 atom stereocenters. The Morgan fingerprint density at radius 1 is 1.06 bits per heavy atom. The highest BCUT2D eigenvalue weighted by Crippen LogP contribution is 2.32. The van der Waals surface area contributed by atoms with Crippen molar-refractivity contribution >= 4 is 39.6 Å². The van der Waals surface area contributed by atoms with Gasteiger partial charge in [0.15, 0.2) is 17.3 Å². The van der Waals surface area contributed by atoms with Crippen LogP contribution in [0.1, 0.15) is 12.6 Å². The van der Waals surface area contributed by atoms with Crippen molar-refractivity contribution in [3.05, 3.63) is 48.5 Å². The lowest BCUT2D eigenvalue weighted by molar-refractivity contribution is 0.0532. The summed E-state index contributed by atoms with van der Waals surface area (Å²) in [5.41, 5.74) is 3.76. The van der Waals surface area contributed by atoms with E-state index in [1.54, 1.807) is 0 Å². The lowest BCUT2D eigenvalue weighted by atomic mass is 10.1. The van der Waals surface area contributed by atoms with Gasteiger partial charge in [-0.3, -0.25) is 4.68 Å². The fourth-order valence-corrected chi connectivity index (χ4v) is 4.56. The van der Waals surface area contributed by atoms with Crippen LogP contribution in [0.2, 0.25) is 0 Å². The normalized spacial score (nSPS) is 16.1. The summed E-state index contributed by atoms with van der Waals surface area (Å²) < 4.78 is 9.35. The van der Waals surface area contributed by atoms with Crippen molar-refractivity contribution in [1.29, 1.82) is 0 Å². The highest BCUT2D eigenvalue weighted by Gasteiger charge is 2.19. The summed E-state index contributed by atoms with van der Waals surface area (Å²) in [4.78, 5) is 16.3. The number of nitrogens with one attached hydrogen (secondary N) is 2. The average molecular weight is 485 g/mol. The summed E-state index contributed by atoms with van der Waals surface area (Å²) in [6.45, 7) is 6.54. The molecule has 0 amide bonds. The van der Waals surface area contributed by atoms with Crippen molar-refractivity contribution in [3.8, 4) is 11.4 Å². The Labute approximate surface area is 208 Å². The standard InChI is InChI=1S/C25H28N10O/c1-15-9-22(31-33(15)4)29-21-10-18-19(11-27-21)24(26-3)28-12-20(18)25-30-23-6-5-17(14-35(23)32-25)34-7-8-36-16(2)13-34/h5-6,9-12,14,16H,7-8,13H2,1-4H3,(H,26,28)(H,27,29,31). The van der Waals surface area contributed by atoms with Crippen molar-refractivity contribution < 1.29 is 4.74 Å². The quantitative estimate of drug-likeness (QED) is 0.388. The van der Waals surface area contributed by atoms with E-state index in [1.165, 1.54) is 0 Å². The fourth-order valence-electron chi connectivity index (χ4n) is 4.56. The number of hydrogen-bond donors (Lipinski definition) is 2. The first-order valence-corrected chi connectivity index (χ1v) is 12.0. The third kappa shape index (κ3) is 3.97. The maximum atomic E-state index is 5.69. The number of fused-ring (bicyclic) bond motifs is 2. The number of aromatic nitrogens is 7. The van der Waals surface area contributed by atoms with Crippen LogP contribution in [0.4, 0.5) is 23.1 Å². The monoisotopic (exact) mass is 484 g/mol. The van der Waals surface area contributed by atoms with Crippen LogP contribution < -0.4 is 15.5 Å². The topological polar surface area (TPSA) is 110 Å². The van der Waals surface area contributed by atoms with Crippen molar-refractivity contribution in [2.75, 3.05) is 42.3 Å². The van der Waals surface area contributed by atoms with Crippen molar-refractivity contribution in [3.63, 3.8) is 0 Å². The molecule has 5 aromatic rings. The van der Waals surface area contributed by atoms with Gasteiger partial charge in [0.1, 0.15) is 11.6 Å². The Hall–Kier alpha value is -4.25. The first-order chi connectivity index (χ1) is 17.5. The smallest absolute Gasteiger partial charge is 0.184 e. The molecule has 184 valence electrons. The minimum atomic E-state index is 0.204. The van der Waals surface area contributed by atoms with Gasteiger partial charge < -0.3 is 20.3 Å². The number of aryl methyl sites for hydroxylation is 2. The highest BCUT2D eigenvalue weighted by atomic mass is 16.5. The predicted octanol–water partition coefficient (Wildman–Crippen LogP) is 3.39. The van der Waals surface area contributed by atoms with Crippen LogP contribution in [0.5, 0.6) is 0 Å². The SMILES string of the molecule is CNc1ncc(-c2nc3ccc(N4CCOC(C)C4)cn3n2)c2cc(Nc3cc(C)n(C)n3)ncc12. The number of rotatable bonds is 5. The predicted molar refractivity (Wildman–Crippen MR) is 140 cm³/mol. The van der Waals surface area contributed by atoms with Crippen molar-refractivity contribution in [2.45, 2.75) is 20.0 Å². The van der Waals surface area contributed by atoms with Gasteiger partial charge in [0.2, 0.25) is 0 Å². The molecule has 2 N–H and O–H groups in total. The third-order valence-corrected chi connectivity index (χ3v) is 6.54. The molecule has 0 saturated carbocycles. The molecule has 11 nitrogen and oxygen atoms in total. The minimum absolute atomic E-state index is 0.204. The van der Waals surface area contributed by atoms with Crippen LogP contribution >= 0.6 is 0 Å². The second-order valence-electron chi connectivity index (χ2n) is 9.06. The second-order valence-corrected chi connectivity index (χ2v) is 9.06. The molecule has 0 radical (unpaired) electrons. The Balaban J connectivity index is 1.41. The summed E-state index contributed by atoms with van der Waals surface area (Å²) in [5.74, 6) is 2.77. The lowest BCUT2D eigenvalue weighted by Crippen LogP contribution is -2.41. The van der Waals surface area contributed by atoms with Crippen LogP contribution in [0.25, 0.3) is 27.8 Å². The molecule has 1 aliphatic rings. The van der Waals surface area contributed by atoms with Gasteiger partial charge in [-0.1, -0.05) is 0 Å². The first kappa shape index (κ1) is 22.2. The number of hydrogen-bond acceptors (Lipinski definition) is 9. The molecule has 6 rings (SSSR count). The fraction of sp³-hybridized carbons (Fsp3) is 0.320. The van der Waals surface area contributed by atoms with Crippen LogP contribution in [0.15, 0.2) is 42.9 Å². The van der Waals surface area contributed by atoms with Crippen molar-refractivity contribution in [2.24, 2.45) is 7.05 Å². The zero-order valence-electron chi connectivity index (χ0n) is 20.7. The Kier molecular flexibility index (Phi) is 5.41. The lowest BCUT2D eigenvalue weighted by Gasteiger charge is -2.32. The summed E-state index contributed by atoms with van der Waals surface area (Å²) in [7, 11) is 3.76. The minimum Gasteiger partial charge on any atom is -0.375 e. The van der Waals surface area contributed by atoms with E-state index in [-0.39, 0.29) is 6.10 Å². The molecule has 1 aliphatic heterocycles. The van der Waals surface area contributed by atoms with E-state index in [4.69, 9.17) is 14.8 Å². The Morgan fingerprint density at radius 3 is 2.72 bits per heavy atom. The second kappa shape index (κ2) is 8.76. The van der Waals surface area contributed by atoms with Gasteiger partial charge in [-0.05, 0) is 32.0 Å². The molecule has 11 heteroatoms. The molecule has 0 aromatic carbocycles. The maximum absolute atomic E-state index is 5.69. The average Bonchev–Trinajstić information content (AvgIpc) is 3.44. The van der Waals surface area contributed by atoms with Gasteiger partial charge in [0, 0.05) is 67.7 Å². The van der Waals surface area contributed by atoms with Gasteiger partial charge in [-0.15, -0.1) is 5.10 Å². The number of pyridine rings is 3. The van der Waals surface area contributed by atoms with Gasteiger partial charge in [-0.2, -0.15) is 5.10 Å². The summed E-state index contributed by atoms with van der Waals surface area (Å²) in [6, 6.07) is 8.06. The molecular formula is C25H28N10O. The van der Waals surface area contributed by atoms with E-state index in [0.29, 0.717) is 11.6 Å². The number of ether oxygens (including phenoxy) is 1. The summed E-state index contributed by atoms with van der Waals surface area (Å²) in [6.07, 6.45) is 5.85. The molecule has 0 spiro atoms. The molecule has 5 aromatic heterocycles. The number of anilines is 4. The van der Waals surface area contributed by atoms with Gasteiger partial charge in [0.25, 0.3) is 0 Å². The maximum Gasteiger partial charge on any atom is 0.184 e. The number of morpholine rings is 1. The zero-order valence-corrected chi connectivity index (χ0v) is 20.7. The van der Waals surface area contributed by atoms with E-state index >= 15 is 0 Å². The molecular weight excluding hydrogens is 456 g/mol. The van der Waals surface area contributed by atoms with Crippen LogP contribution in [0.3, 0.4) is 0 Å². The molecule has 6 heterocycles. The third-order valence-electron chi connectivity index (χ3n) is 6.54. The molecule has 1 fully saturated rings. The summed E-state index contributed by atoms with van der Waals surface area (Å²) in [5, 5.41) is 17.6.